The first-order chi connectivity index (χ1) is 11.9. The second-order valence-corrected chi connectivity index (χ2v) is 5.01. The van der Waals surface area contributed by atoms with Gasteiger partial charge >= 0.3 is 0 Å². The molecule has 0 saturated carbocycles. The Labute approximate surface area is 141 Å². The van der Waals surface area contributed by atoms with Gasteiger partial charge in [0.2, 0.25) is 0 Å². The number of benzene rings is 2. The summed E-state index contributed by atoms with van der Waals surface area (Å²) in [5.41, 5.74) is -0.225. The number of rotatable bonds is 6. The van der Waals surface area contributed by atoms with Gasteiger partial charge < -0.3 is 15.4 Å². The molecule has 25 heavy (non-hydrogen) atoms. The topological polar surface area (TPSA) is 67.4 Å². The van der Waals surface area contributed by atoms with Crippen LogP contribution in [-0.4, -0.2) is 32.1 Å². The van der Waals surface area contributed by atoms with Crippen LogP contribution in [0.25, 0.3) is 0 Å². The molecule has 132 valence electrons. The lowest BCUT2D eigenvalue weighted by molar-refractivity contribution is 0.0937. The van der Waals surface area contributed by atoms with Gasteiger partial charge in [-0.3, -0.25) is 9.59 Å². The highest BCUT2D eigenvalue weighted by molar-refractivity contribution is 6.06. The number of methoxy groups -OCH3 is 1. The molecule has 0 unspecified atom stereocenters. The smallest absolute Gasteiger partial charge is 0.255 e. The third-order valence-electron chi connectivity index (χ3n) is 3.26. The van der Waals surface area contributed by atoms with Gasteiger partial charge in [-0.25, -0.2) is 13.2 Å². The summed E-state index contributed by atoms with van der Waals surface area (Å²) < 4.78 is 44.5. The van der Waals surface area contributed by atoms with Gasteiger partial charge in [0.05, 0.1) is 12.3 Å². The van der Waals surface area contributed by atoms with E-state index in [2.05, 4.69) is 10.6 Å². The van der Waals surface area contributed by atoms with Gasteiger partial charge in [-0.2, -0.15) is 0 Å². The molecule has 0 saturated heterocycles. The van der Waals surface area contributed by atoms with E-state index in [1.807, 2.05) is 0 Å². The lowest BCUT2D eigenvalue weighted by Crippen LogP contribution is -2.27. The highest BCUT2D eigenvalue weighted by Crippen LogP contribution is 2.20. The molecule has 0 heterocycles. The average molecular weight is 352 g/mol. The third kappa shape index (κ3) is 4.57. The Hall–Kier alpha value is -2.87. The lowest BCUT2D eigenvalue weighted by Gasteiger charge is -2.09. The quantitative estimate of drug-likeness (QED) is 0.621. The third-order valence-corrected chi connectivity index (χ3v) is 3.26. The van der Waals surface area contributed by atoms with E-state index in [1.54, 1.807) is 0 Å². The molecule has 0 bridgehead atoms. The molecule has 0 aliphatic carbocycles. The minimum atomic E-state index is -1.68. The molecule has 0 aliphatic heterocycles. The van der Waals surface area contributed by atoms with Crippen LogP contribution >= 0.6 is 0 Å². The number of carbonyl (C=O) groups is 2. The molecular formula is C17H15F3N2O3. The molecule has 0 aromatic heterocycles. The number of hydrogen-bond donors (Lipinski definition) is 2. The summed E-state index contributed by atoms with van der Waals surface area (Å²) in [4.78, 5) is 24.1. The lowest BCUT2D eigenvalue weighted by atomic mass is 10.1. The van der Waals surface area contributed by atoms with Crippen molar-refractivity contribution in [3.8, 4) is 0 Å². The highest BCUT2D eigenvalue weighted by Gasteiger charge is 2.16. The maximum atomic E-state index is 13.6. The molecule has 8 heteroatoms. The number of anilines is 1. The Kier molecular flexibility index (Phi) is 6.13. The van der Waals surface area contributed by atoms with Gasteiger partial charge in [-0.15, -0.1) is 0 Å². The summed E-state index contributed by atoms with van der Waals surface area (Å²) in [5.74, 6) is -5.71. The number of ether oxygens (including phenoxy) is 1. The molecular weight excluding hydrogens is 337 g/mol. The van der Waals surface area contributed by atoms with Crippen molar-refractivity contribution < 1.29 is 27.5 Å². The second-order valence-electron chi connectivity index (χ2n) is 5.01. The van der Waals surface area contributed by atoms with Crippen molar-refractivity contribution in [3.05, 3.63) is 65.0 Å². The maximum absolute atomic E-state index is 13.6. The van der Waals surface area contributed by atoms with Crippen LogP contribution in [0.2, 0.25) is 0 Å². The van der Waals surface area contributed by atoms with Crippen molar-refractivity contribution in [1.82, 2.24) is 5.32 Å². The SMILES string of the molecule is COCCNC(=O)c1cccc(C(=O)Nc2ccc(F)c(F)c2F)c1. The van der Waals surface area contributed by atoms with Crippen molar-refractivity contribution in [2.75, 3.05) is 25.6 Å². The molecule has 0 spiro atoms. The fourth-order valence-electron chi connectivity index (χ4n) is 1.99. The molecule has 0 radical (unpaired) electrons. The van der Waals surface area contributed by atoms with Crippen molar-refractivity contribution in [2.24, 2.45) is 0 Å². The maximum Gasteiger partial charge on any atom is 0.255 e. The van der Waals surface area contributed by atoms with Crippen LogP contribution in [0.3, 0.4) is 0 Å². The molecule has 2 amide bonds. The van der Waals surface area contributed by atoms with E-state index in [9.17, 15) is 22.8 Å². The summed E-state index contributed by atoms with van der Waals surface area (Å²) in [7, 11) is 1.49. The predicted octanol–water partition coefficient (Wildman–Crippen LogP) is 2.73. The number of nitrogens with one attached hydrogen (secondary N) is 2. The number of amides is 2. The summed E-state index contributed by atoms with van der Waals surface area (Å²) in [6, 6.07) is 7.29. The van der Waals surface area contributed by atoms with Gasteiger partial charge in [0.15, 0.2) is 17.5 Å². The van der Waals surface area contributed by atoms with Crippen LogP contribution in [0.15, 0.2) is 36.4 Å². The zero-order valence-corrected chi connectivity index (χ0v) is 13.2. The van der Waals surface area contributed by atoms with Gasteiger partial charge in [0.25, 0.3) is 11.8 Å². The van der Waals surface area contributed by atoms with Gasteiger partial charge in [0.1, 0.15) is 0 Å². The summed E-state index contributed by atoms with van der Waals surface area (Å²) in [6.07, 6.45) is 0. The van der Waals surface area contributed by atoms with Crippen molar-refractivity contribution in [3.63, 3.8) is 0 Å². The molecule has 2 N–H and O–H groups in total. The summed E-state index contributed by atoms with van der Waals surface area (Å²) >= 11 is 0. The largest absolute Gasteiger partial charge is 0.383 e. The Morgan fingerprint density at radius 3 is 2.36 bits per heavy atom. The molecule has 2 aromatic rings. The number of hydrogen-bond acceptors (Lipinski definition) is 3. The van der Waals surface area contributed by atoms with Gasteiger partial charge in [-0.05, 0) is 30.3 Å². The first-order valence-corrected chi connectivity index (χ1v) is 7.26. The van der Waals surface area contributed by atoms with Gasteiger partial charge in [-0.1, -0.05) is 6.07 Å². The van der Waals surface area contributed by atoms with Crippen molar-refractivity contribution in [1.29, 1.82) is 0 Å². The average Bonchev–Trinajstić information content (AvgIpc) is 2.62. The number of carbonyl (C=O) groups excluding carboxylic acids is 2. The van der Waals surface area contributed by atoms with E-state index in [1.165, 1.54) is 31.4 Å². The Morgan fingerprint density at radius 2 is 1.68 bits per heavy atom. The first kappa shape index (κ1) is 18.5. The van der Waals surface area contributed by atoms with E-state index < -0.39 is 35.0 Å². The Balaban J connectivity index is 2.14. The van der Waals surface area contributed by atoms with Crippen LogP contribution < -0.4 is 10.6 Å². The summed E-state index contributed by atoms with van der Waals surface area (Å²) in [5, 5.41) is 4.73. The Morgan fingerprint density at radius 1 is 1.00 bits per heavy atom. The zero-order valence-electron chi connectivity index (χ0n) is 13.2. The van der Waals surface area contributed by atoms with E-state index >= 15 is 0 Å². The fraction of sp³-hybridized carbons (Fsp3) is 0.176. The standard InChI is InChI=1S/C17H15F3N2O3/c1-25-8-7-21-16(23)10-3-2-4-11(9-10)17(24)22-13-6-5-12(18)14(19)15(13)20/h2-6,9H,7-8H2,1H3,(H,21,23)(H,22,24). The molecule has 0 fully saturated rings. The monoisotopic (exact) mass is 352 g/mol. The summed E-state index contributed by atoms with van der Waals surface area (Å²) in [6.45, 7) is 0.632. The normalized spacial score (nSPS) is 10.4. The highest BCUT2D eigenvalue weighted by atomic mass is 19.2. The van der Waals surface area contributed by atoms with E-state index in [-0.39, 0.29) is 11.1 Å². The first-order valence-electron chi connectivity index (χ1n) is 7.26. The molecule has 2 rings (SSSR count). The molecule has 0 aliphatic rings. The van der Waals surface area contributed by atoms with Crippen LogP contribution in [-0.2, 0) is 4.74 Å². The molecule has 5 nitrogen and oxygen atoms in total. The van der Waals surface area contributed by atoms with Crippen molar-refractivity contribution >= 4 is 17.5 Å². The molecule has 0 atom stereocenters. The zero-order chi connectivity index (χ0) is 18.4. The minimum absolute atomic E-state index is 0.0588. The van der Waals surface area contributed by atoms with E-state index in [4.69, 9.17) is 4.74 Å². The van der Waals surface area contributed by atoms with Crippen LogP contribution in [0, 0.1) is 17.5 Å². The predicted molar refractivity (Wildman–Crippen MR) is 84.9 cm³/mol. The van der Waals surface area contributed by atoms with E-state index in [0.717, 1.165) is 6.07 Å². The fourth-order valence-corrected chi connectivity index (χ4v) is 1.99. The van der Waals surface area contributed by atoms with E-state index in [0.29, 0.717) is 19.2 Å². The van der Waals surface area contributed by atoms with Crippen LogP contribution in [0.5, 0.6) is 0 Å². The second kappa shape index (κ2) is 8.29. The number of halogens is 3. The Bertz CT molecular complexity index is 797. The molecule has 2 aromatic carbocycles. The van der Waals surface area contributed by atoms with Gasteiger partial charge in [0, 0.05) is 24.8 Å². The minimum Gasteiger partial charge on any atom is -0.383 e. The van der Waals surface area contributed by atoms with Crippen LogP contribution in [0.4, 0.5) is 18.9 Å². The van der Waals surface area contributed by atoms with Crippen LogP contribution in [0.1, 0.15) is 20.7 Å². The van der Waals surface area contributed by atoms with Crippen molar-refractivity contribution in [2.45, 2.75) is 0 Å².